The molecule has 22 heavy (non-hydrogen) atoms. The molecule has 2 amide bonds. The van der Waals surface area contributed by atoms with E-state index < -0.39 is 0 Å². The van der Waals surface area contributed by atoms with Gasteiger partial charge in [0.05, 0.1) is 10.7 Å². The van der Waals surface area contributed by atoms with E-state index in [1.54, 1.807) is 43.6 Å². The summed E-state index contributed by atoms with van der Waals surface area (Å²) in [5.74, 6) is -0.254. The van der Waals surface area contributed by atoms with Crippen LogP contribution in [0.5, 0.6) is 0 Å². The summed E-state index contributed by atoms with van der Waals surface area (Å²) in [5.41, 5.74) is 0.952. The molecule has 0 aliphatic heterocycles. The van der Waals surface area contributed by atoms with Crippen molar-refractivity contribution in [1.82, 2.24) is 4.90 Å². The number of benzene rings is 1. The molecule has 1 N–H and O–H groups in total. The van der Waals surface area contributed by atoms with Crippen LogP contribution in [0.25, 0.3) is 0 Å². The molecule has 0 spiro atoms. The lowest BCUT2D eigenvalue weighted by Gasteiger charge is -2.13. The lowest BCUT2D eigenvalue weighted by Crippen LogP contribution is -2.22. The van der Waals surface area contributed by atoms with Gasteiger partial charge in [0, 0.05) is 31.0 Å². The minimum absolute atomic E-state index is 0.121. The molecule has 0 aliphatic carbocycles. The molecule has 1 aromatic heterocycles. The Morgan fingerprint density at radius 3 is 2.68 bits per heavy atom. The second-order valence-corrected chi connectivity index (χ2v) is 6.46. The number of nitrogens with zero attached hydrogens (tertiary/aromatic N) is 1. The summed E-state index contributed by atoms with van der Waals surface area (Å²) >= 11 is 7.71. The number of hydrogen-bond donors (Lipinski definition) is 1. The van der Waals surface area contributed by atoms with Crippen LogP contribution in [-0.4, -0.2) is 30.8 Å². The first-order chi connectivity index (χ1) is 10.5. The van der Waals surface area contributed by atoms with E-state index in [0.717, 1.165) is 4.88 Å². The molecule has 2 rings (SSSR count). The van der Waals surface area contributed by atoms with Crippen molar-refractivity contribution in [2.24, 2.45) is 0 Å². The lowest BCUT2D eigenvalue weighted by atomic mass is 10.1. The lowest BCUT2D eigenvalue weighted by molar-refractivity contribution is -0.116. The number of nitrogens with one attached hydrogen (secondary N) is 1. The maximum Gasteiger partial charge on any atom is 0.253 e. The van der Waals surface area contributed by atoms with Gasteiger partial charge in [-0.3, -0.25) is 9.59 Å². The summed E-state index contributed by atoms with van der Waals surface area (Å²) in [6, 6.07) is 8.83. The standard InChI is InChI=1S/C16H17ClN2O2S/c1-19(2)16(21)11-5-7-13(17)14(10-11)18-15(20)8-6-12-4-3-9-22-12/h3-5,7,9-10H,6,8H2,1-2H3,(H,18,20). The topological polar surface area (TPSA) is 49.4 Å². The highest BCUT2D eigenvalue weighted by Crippen LogP contribution is 2.24. The van der Waals surface area contributed by atoms with Crippen molar-refractivity contribution < 1.29 is 9.59 Å². The minimum atomic E-state index is -0.134. The highest BCUT2D eigenvalue weighted by atomic mass is 35.5. The van der Waals surface area contributed by atoms with Crippen LogP contribution in [0, 0.1) is 0 Å². The molecule has 6 heteroatoms. The van der Waals surface area contributed by atoms with Crippen molar-refractivity contribution in [3.8, 4) is 0 Å². The van der Waals surface area contributed by atoms with Crippen LogP contribution < -0.4 is 5.32 Å². The van der Waals surface area contributed by atoms with Crippen molar-refractivity contribution >= 4 is 40.4 Å². The third kappa shape index (κ3) is 4.32. The first-order valence-electron chi connectivity index (χ1n) is 6.81. The van der Waals surface area contributed by atoms with E-state index in [0.29, 0.717) is 29.1 Å². The number of thiophene rings is 1. The summed E-state index contributed by atoms with van der Waals surface area (Å²) in [6.45, 7) is 0. The van der Waals surface area contributed by atoms with Gasteiger partial charge in [0.25, 0.3) is 5.91 Å². The average molecular weight is 337 g/mol. The van der Waals surface area contributed by atoms with Crippen molar-refractivity contribution in [3.05, 3.63) is 51.2 Å². The monoisotopic (exact) mass is 336 g/mol. The average Bonchev–Trinajstić information content (AvgIpc) is 3.00. The molecule has 0 unspecified atom stereocenters. The Labute approximate surface area is 138 Å². The molecular weight excluding hydrogens is 320 g/mol. The van der Waals surface area contributed by atoms with Crippen LogP contribution >= 0.6 is 22.9 Å². The fourth-order valence-corrected chi connectivity index (χ4v) is 2.79. The van der Waals surface area contributed by atoms with Crippen molar-refractivity contribution in [2.75, 3.05) is 19.4 Å². The van der Waals surface area contributed by atoms with E-state index >= 15 is 0 Å². The van der Waals surface area contributed by atoms with Gasteiger partial charge in [0.15, 0.2) is 0 Å². The molecule has 0 atom stereocenters. The number of aryl methyl sites for hydroxylation is 1. The van der Waals surface area contributed by atoms with Crippen LogP contribution in [0.3, 0.4) is 0 Å². The van der Waals surface area contributed by atoms with Crippen LogP contribution in [0.1, 0.15) is 21.7 Å². The van der Waals surface area contributed by atoms with Gasteiger partial charge in [-0.2, -0.15) is 0 Å². The van der Waals surface area contributed by atoms with Crippen LogP contribution in [0.2, 0.25) is 5.02 Å². The van der Waals surface area contributed by atoms with Gasteiger partial charge in [-0.1, -0.05) is 17.7 Å². The fourth-order valence-electron chi connectivity index (χ4n) is 1.92. The van der Waals surface area contributed by atoms with E-state index in [-0.39, 0.29) is 11.8 Å². The Kier molecular flexibility index (Phi) is 5.57. The van der Waals surface area contributed by atoms with Crippen molar-refractivity contribution in [1.29, 1.82) is 0 Å². The molecule has 116 valence electrons. The van der Waals surface area contributed by atoms with E-state index in [1.165, 1.54) is 4.90 Å². The van der Waals surface area contributed by atoms with Gasteiger partial charge >= 0.3 is 0 Å². The van der Waals surface area contributed by atoms with Crippen LogP contribution in [0.15, 0.2) is 35.7 Å². The first-order valence-corrected chi connectivity index (χ1v) is 8.06. The Bertz CT molecular complexity index is 669. The summed E-state index contributed by atoms with van der Waals surface area (Å²) in [5, 5.41) is 5.17. The summed E-state index contributed by atoms with van der Waals surface area (Å²) in [6.07, 6.45) is 1.07. The molecule has 4 nitrogen and oxygen atoms in total. The zero-order valence-electron chi connectivity index (χ0n) is 12.4. The molecule has 0 saturated carbocycles. The zero-order valence-corrected chi connectivity index (χ0v) is 14.0. The number of rotatable bonds is 5. The maximum atomic E-state index is 12.0. The molecule has 1 aromatic carbocycles. The van der Waals surface area contributed by atoms with Crippen molar-refractivity contribution in [3.63, 3.8) is 0 Å². The zero-order chi connectivity index (χ0) is 16.1. The Morgan fingerprint density at radius 2 is 2.05 bits per heavy atom. The third-order valence-electron chi connectivity index (χ3n) is 3.07. The number of anilines is 1. The minimum Gasteiger partial charge on any atom is -0.345 e. The third-order valence-corrected chi connectivity index (χ3v) is 4.34. The first kappa shape index (κ1) is 16.5. The SMILES string of the molecule is CN(C)C(=O)c1ccc(Cl)c(NC(=O)CCc2cccs2)c1. The van der Waals surface area contributed by atoms with Crippen molar-refractivity contribution in [2.45, 2.75) is 12.8 Å². The molecule has 0 radical (unpaired) electrons. The Balaban J connectivity index is 2.03. The number of halogens is 1. The number of carbonyl (C=O) groups excluding carboxylic acids is 2. The largest absolute Gasteiger partial charge is 0.345 e. The smallest absolute Gasteiger partial charge is 0.253 e. The molecule has 0 bridgehead atoms. The highest BCUT2D eigenvalue weighted by molar-refractivity contribution is 7.09. The van der Waals surface area contributed by atoms with Crippen LogP contribution in [0.4, 0.5) is 5.69 Å². The molecule has 0 fully saturated rings. The molecule has 0 aliphatic rings. The van der Waals surface area contributed by atoms with E-state index in [1.807, 2.05) is 17.5 Å². The summed E-state index contributed by atoms with van der Waals surface area (Å²) in [7, 11) is 3.35. The maximum absolute atomic E-state index is 12.0. The summed E-state index contributed by atoms with van der Waals surface area (Å²) < 4.78 is 0. The van der Waals surface area contributed by atoms with Gasteiger partial charge in [0.2, 0.25) is 5.91 Å². The molecule has 1 heterocycles. The predicted molar refractivity (Wildman–Crippen MR) is 90.7 cm³/mol. The van der Waals surface area contributed by atoms with Gasteiger partial charge in [-0.15, -0.1) is 11.3 Å². The Hall–Kier alpha value is -1.85. The Morgan fingerprint density at radius 1 is 1.27 bits per heavy atom. The van der Waals surface area contributed by atoms with Gasteiger partial charge < -0.3 is 10.2 Å². The number of carbonyl (C=O) groups is 2. The quantitative estimate of drug-likeness (QED) is 0.905. The molecular formula is C16H17ClN2O2S. The van der Waals surface area contributed by atoms with Gasteiger partial charge in [0.1, 0.15) is 0 Å². The van der Waals surface area contributed by atoms with E-state index in [2.05, 4.69) is 5.32 Å². The normalized spacial score (nSPS) is 10.3. The van der Waals surface area contributed by atoms with E-state index in [4.69, 9.17) is 11.6 Å². The molecule has 0 saturated heterocycles. The van der Waals surface area contributed by atoms with Gasteiger partial charge in [-0.25, -0.2) is 0 Å². The molecule has 2 aromatic rings. The van der Waals surface area contributed by atoms with E-state index in [9.17, 15) is 9.59 Å². The number of amides is 2. The van der Waals surface area contributed by atoms with Crippen LogP contribution in [-0.2, 0) is 11.2 Å². The fraction of sp³-hybridized carbons (Fsp3) is 0.250. The second kappa shape index (κ2) is 7.42. The number of hydrogen-bond acceptors (Lipinski definition) is 3. The summed E-state index contributed by atoms with van der Waals surface area (Å²) in [4.78, 5) is 26.6. The van der Waals surface area contributed by atoms with Gasteiger partial charge in [-0.05, 0) is 36.1 Å². The second-order valence-electron chi connectivity index (χ2n) is 5.02. The highest BCUT2D eigenvalue weighted by Gasteiger charge is 2.12. The predicted octanol–water partition coefficient (Wildman–Crippen LogP) is 3.67.